The van der Waals surface area contributed by atoms with Gasteiger partial charge in [0.2, 0.25) is 5.91 Å². The number of benzene rings is 3. The number of para-hydroxylation sites is 1. The predicted octanol–water partition coefficient (Wildman–Crippen LogP) is 4.29. The van der Waals surface area contributed by atoms with Gasteiger partial charge in [-0.3, -0.25) is 9.10 Å². The fourth-order valence-corrected chi connectivity index (χ4v) is 4.44. The Balaban J connectivity index is 2.04. The van der Waals surface area contributed by atoms with E-state index in [2.05, 4.69) is 5.32 Å². The van der Waals surface area contributed by atoms with Gasteiger partial charge >= 0.3 is 0 Å². The molecule has 0 spiro atoms. The largest absolute Gasteiger partial charge is 0.495 e. The van der Waals surface area contributed by atoms with E-state index in [1.165, 1.54) is 37.4 Å². The third-order valence-corrected chi connectivity index (χ3v) is 6.42. The number of halogens is 1. The summed E-state index contributed by atoms with van der Waals surface area (Å²) in [5.74, 6) is -1.01. The number of hydrogen-bond acceptors (Lipinski definition) is 4. The monoisotopic (exact) mass is 442 g/mol. The number of ether oxygens (including phenoxy) is 1. The molecule has 0 unspecified atom stereocenters. The van der Waals surface area contributed by atoms with Gasteiger partial charge in [-0.1, -0.05) is 35.9 Å². The molecule has 0 bridgehead atoms. The molecule has 0 aliphatic heterocycles. The molecule has 0 fully saturated rings. The minimum atomic E-state index is -4.12. The lowest BCUT2D eigenvalue weighted by Gasteiger charge is -2.26. The van der Waals surface area contributed by atoms with Crippen molar-refractivity contribution in [3.05, 3.63) is 83.7 Å². The van der Waals surface area contributed by atoms with Crippen LogP contribution in [0.2, 0.25) is 0 Å². The van der Waals surface area contributed by atoms with Crippen LogP contribution in [0.25, 0.3) is 0 Å². The van der Waals surface area contributed by atoms with Crippen LogP contribution in [-0.4, -0.2) is 28.0 Å². The maximum Gasteiger partial charge on any atom is 0.264 e. The molecule has 3 aromatic carbocycles. The van der Waals surface area contributed by atoms with Crippen molar-refractivity contribution in [2.75, 3.05) is 23.3 Å². The number of nitrogens with zero attached hydrogens (tertiary/aromatic N) is 1. The van der Waals surface area contributed by atoms with Crippen molar-refractivity contribution in [3.8, 4) is 5.75 Å². The Labute approximate surface area is 181 Å². The number of anilines is 2. The molecule has 0 atom stereocenters. The molecule has 0 aromatic heterocycles. The number of amides is 1. The number of aryl methyl sites for hydroxylation is 2. The van der Waals surface area contributed by atoms with Crippen LogP contribution in [0, 0.1) is 19.7 Å². The van der Waals surface area contributed by atoms with Crippen molar-refractivity contribution >= 4 is 27.3 Å². The molecule has 0 radical (unpaired) electrons. The summed E-state index contributed by atoms with van der Waals surface area (Å²) in [5.41, 5.74) is 1.87. The highest BCUT2D eigenvalue weighted by Gasteiger charge is 2.29. The third kappa shape index (κ3) is 5.03. The second kappa shape index (κ2) is 9.18. The number of hydrogen-bond donors (Lipinski definition) is 1. The minimum absolute atomic E-state index is 0.0281. The zero-order chi connectivity index (χ0) is 22.6. The van der Waals surface area contributed by atoms with Crippen LogP contribution in [0.3, 0.4) is 0 Å². The van der Waals surface area contributed by atoms with E-state index in [9.17, 15) is 17.6 Å². The molecule has 31 heavy (non-hydrogen) atoms. The van der Waals surface area contributed by atoms with Crippen LogP contribution in [0.5, 0.6) is 5.75 Å². The number of methoxy groups -OCH3 is 1. The van der Waals surface area contributed by atoms with Crippen molar-refractivity contribution in [1.82, 2.24) is 0 Å². The zero-order valence-electron chi connectivity index (χ0n) is 17.4. The summed E-state index contributed by atoms with van der Waals surface area (Å²) in [7, 11) is -2.70. The van der Waals surface area contributed by atoms with Crippen molar-refractivity contribution in [2.24, 2.45) is 0 Å². The Hall–Kier alpha value is -3.39. The lowest BCUT2D eigenvalue weighted by molar-refractivity contribution is -0.114. The first-order valence-corrected chi connectivity index (χ1v) is 10.9. The molecular weight excluding hydrogens is 419 g/mol. The maximum atomic E-state index is 14.0. The topological polar surface area (TPSA) is 75.7 Å². The molecule has 6 nitrogen and oxygen atoms in total. The van der Waals surface area contributed by atoms with E-state index in [-0.39, 0.29) is 16.3 Å². The van der Waals surface area contributed by atoms with Crippen molar-refractivity contribution in [1.29, 1.82) is 0 Å². The Morgan fingerprint density at radius 1 is 1.00 bits per heavy atom. The summed E-state index contributed by atoms with van der Waals surface area (Å²) in [6, 6.07) is 17.0. The summed E-state index contributed by atoms with van der Waals surface area (Å²) >= 11 is 0. The zero-order valence-corrected chi connectivity index (χ0v) is 18.2. The first-order chi connectivity index (χ1) is 14.7. The number of carbonyl (C=O) groups excluding carboxylic acids is 1. The van der Waals surface area contributed by atoms with Crippen molar-refractivity contribution in [2.45, 2.75) is 18.7 Å². The molecule has 0 saturated heterocycles. The molecule has 8 heteroatoms. The lowest BCUT2D eigenvalue weighted by atomic mass is 10.2. The van der Waals surface area contributed by atoms with Gasteiger partial charge < -0.3 is 10.1 Å². The predicted molar refractivity (Wildman–Crippen MR) is 118 cm³/mol. The normalized spacial score (nSPS) is 11.1. The molecular formula is C23H23FN2O4S. The van der Waals surface area contributed by atoms with Gasteiger partial charge in [-0.05, 0) is 55.8 Å². The van der Waals surface area contributed by atoms with Crippen molar-refractivity contribution in [3.63, 3.8) is 0 Å². The molecule has 0 aliphatic carbocycles. The summed E-state index contributed by atoms with van der Waals surface area (Å²) in [6.45, 7) is 3.09. The third-order valence-electron chi connectivity index (χ3n) is 4.65. The van der Waals surface area contributed by atoms with Crippen LogP contribution in [0.15, 0.2) is 71.6 Å². The van der Waals surface area contributed by atoms with E-state index in [0.29, 0.717) is 5.75 Å². The van der Waals surface area contributed by atoms with E-state index in [1.807, 2.05) is 6.92 Å². The van der Waals surface area contributed by atoms with Gasteiger partial charge in [-0.15, -0.1) is 0 Å². The fraction of sp³-hybridized carbons (Fsp3) is 0.174. The average molecular weight is 443 g/mol. The van der Waals surface area contributed by atoms with Gasteiger partial charge in [0, 0.05) is 0 Å². The van der Waals surface area contributed by atoms with E-state index >= 15 is 0 Å². The van der Waals surface area contributed by atoms with Crippen LogP contribution in [-0.2, 0) is 14.8 Å². The SMILES string of the molecule is COc1ccc(C)cc1N(CC(=O)Nc1ccccc1F)S(=O)(=O)c1ccc(C)cc1. The number of nitrogens with one attached hydrogen (secondary N) is 1. The maximum absolute atomic E-state index is 14.0. The first kappa shape index (κ1) is 22.3. The van der Waals surface area contributed by atoms with E-state index < -0.39 is 28.3 Å². The second-order valence-electron chi connectivity index (χ2n) is 7.03. The standard InChI is InChI=1S/C23H23FN2O4S/c1-16-8-11-18(12-9-16)31(28,29)26(21-14-17(2)10-13-22(21)30-3)15-23(27)25-20-7-5-4-6-19(20)24/h4-14H,15H2,1-3H3,(H,25,27). The summed E-state index contributed by atoms with van der Waals surface area (Å²) in [5, 5.41) is 2.43. The fourth-order valence-electron chi connectivity index (χ4n) is 3.01. The molecule has 0 heterocycles. The van der Waals surface area contributed by atoms with Crippen LogP contribution < -0.4 is 14.4 Å². The second-order valence-corrected chi connectivity index (χ2v) is 8.89. The Bertz CT molecular complexity index is 1190. The molecule has 0 saturated carbocycles. The minimum Gasteiger partial charge on any atom is -0.495 e. The van der Waals surface area contributed by atoms with Crippen LogP contribution in [0.1, 0.15) is 11.1 Å². The molecule has 0 aliphatic rings. The average Bonchev–Trinajstić information content (AvgIpc) is 2.74. The summed E-state index contributed by atoms with van der Waals surface area (Å²) in [4.78, 5) is 12.8. The quantitative estimate of drug-likeness (QED) is 0.592. The van der Waals surface area contributed by atoms with Gasteiger partial charge in [0.05, 0.1) is 23.4 Å². The molecule has 162 valence electrons. The van der Waals surface area contributed by atoms with Gasteiger partial charge in [-0.2, -0.15) is 0 Å². The number of sulfonamides is 1. The van der Waals surface area contributed by atoms with Gasteiger partial charge in [0.1, 0.15) is 18.1 Å². The van der Waals surface area contributed by atoms with Crippen LogP contribution in [0.4, 0.5) is 15.8 Å². The van der Waals surface area contributed by atoms with Crippen LogP contribution >= 0.6 is 0 Å². The summed E-state index contributed by atoms with van der Waals surface area (Å²) in [6.07, 6.45) is 0. The van der Waals surface area contributed by atoms with Crippen molar-refractivity contribution < 1.29 is 22.3 Å². The summed E-state index contributed by atoms with van der Waals surface area (Å²) < 4.78 is 47.3. The highest BCUT2D eigenvalue weighted by atomic mass is 32.2. The van der Waals surface area contributed by atoms with E-state index in [0.717, 1.165) is 15.4 Å². The first-order valence-electron chi connectivity index (χ1n) is 9.51. The highest BCUT2D eigenvalue weighted by Crippen LogP contribution is 2.33. The molecule has 3 aromatic rings. The highest BCUT2D eigenvalue weighted by molar-refractivity contribution is 7.92. The Morgan fingerprint density at radius 3 is 2.29 bits per heavy atom. The lowest BCUT2D eigenvalue weighted by Crippen LogP contribution is -2.38. The van der Waals surface area contributed by atoms with Gasteiger partial charge in [0.15, 0.2) is 0 Å². The Kier molecular flexibility index (Phi) is 6.60. The van der Waals surface area contributed by atoms with E-state index in [4.69, 9.17) is 4.74 Å². The molecule has 3 rings (SSSR count). The number of rotatable bonds is 7. The van der Waals surface area contributed by atoms with Gasteiger partial charge in [-0.25, -0.2) is 12.8 Å². The number of carbonyl (C=O) groups is 1. The smallest absolute Gasteiger partial charge is 0.264 e. The Morgan fingerprint density at radius 2 is 1.65 bits per heavy atom. The van der Waals surface area contributed by atoms with E-state index in [1.54, 1.807) is 43.3 Å². The molecule has 1 amide bonds. The van der Waals surface area contributed by atoms with Gasteiger partial charge in [0.25, 0.3) is 10.0 Å². The molecule has 1 N–H and O–H groups in total.